The van der Waals surface area contributed by atoms with Gasteiger partial charge in [-0.25, -0.2) is 0 Å². The molecule has 0 spiro atoms. The maximum atomic E-state index is 4.13. The second-order valence-electron chi connectivity index (χ2n) is 3.47. The van der Waals surface area contributed by atoms with E-state index >= 15 is 0 Å². The number of hydrogen-bond donors (Lipinski definition) is 0. The molecule has 1 aromatic carbocycles. The van der Waals surface area contributed by atoms with Crippen LogP contribution in [0.1, 0.15) is 12.5 Å². The van der Waals surface area contributed by atoms with Gasteiger partial charge >= 0.3 is 5.17 Å². The Balaban J connectivity index is 2.15. The number of nitrogens with zero attached hydrogens (tertiary/aromatic N) is 3. The van der Waals surface area contributed by atoms with Gasteiger partial charge < -0.3 is 0 Å². The minimum absolute atomic E-state index is 0.967. The van der Waals surface area contributed by atoms with Crippen LogP contribution in [-0.4, -0.2) is 27.0 Å². The zero-order valence-electron chi connectivity index (χ0n) is 8.34. The molecule has 2 aliphatic heterocycles. The van der Waals surface area contributed by atoms with Gasteiger partial charge in [0.25, 0.3) is 5.84 Å². The maximum absolute atomic E-state index is 4.13. The van der Waals surface area contributed by atoms with E-state index in [1.54, 1.807) is 11.8 Å². The summed E-state index contributed by atoms with van der Waals surface area (Å²) in [7, 11) is 0. The van der Waals surface area contributed by atoms with Crippen LogP contribution in [0.3, 0.4) is 0 Å². The van der Waals surface area contributed by atoms with Crippen molar-refractivity contribution in [1.82, 2.24) is 0 Å². The molecule has 0 amide bonds. The lowest BCUT2D eigenvalue weighted by Gasteiger charge is -2.00. The first-order valence-corrected chi connectivity index (χ1v) is 5.81. The van der Waals surface area contributed by atoms with Crippen molar-refractivity contribution in [3.8, 4) is 0 Å². The molecule has 0 aliphatic carbocycles. The second-order valence-corrected chi connectivity index (χ2v) is 4.41. The molecule has 0 aromatic heterocycles. The van der Waals surface area contributed by atoms with Gasteiger partial charge in [-0.1, -0.05) is 30.3 Å². The highest BCUT2D eigenvalue weighted by molar-refractivity contribution is 8.14. The molecular weight excluding hydrogens is 206 g/mol. The molecule has 0 unspecified atom stereocenters. The van der Waals surface area contributed by atoms with Crippen molar-refractivity contribution in [2.75, 3.05) is 5.75 Å². The smallest absolute Gasteiger partial charge is 0.188 e. The second kappa shape index (κ2) is 3.31. The van der Waals surface area contributed by atoms with Gasteiger partial charge in [0, 0.05) is 12.5 Å². The van der Waals surface area contributed by atoms with Gasteiger partial charge in [0.15, 0.2) is 0 Å². The van der Waals surface area contributed by atoms with Crippen molar-refractivity contribution in [1.29, 1.82) is 0 Å². The standard InChI is InChI=1S/C11H10N3S/c1-8-12-13-11-14(8)10(7-15-11)9-5-3-2-4-6-9/h2-6H,7H2,1H3/q+1. The fourth-order valence-electron chi connectivity index (χ4n) is 1.79. The third kappa shape index (κ3) is 1.33. The Hall–Kier alpha value is -1.42. The first kappa shape index (κ1) is 8.85. The van der Waals surface area contributed by atoms with Crippen LogP contribution in [0.4, 0.5) is 0 Å². The number of thioether (sulfide) groups is 1. The number of rotatable bonds is 1. The van der Waals surface area contributed by atoms with E-state index < -0.39 is 0 Å². The molecule has 74 valence electrons. The average molecular weight is 216 g/mol. The molecule has 3 nitrogen and oxygen atoms in total. The number of fused-ring (bicyclic) bond motifs is 1. The van der Waals surface area contributed by atoms with E-state index in [2.05, 4.69) is 39.0 Å². The molecule has 4 heteroatoms. The summed E-state index contributed by atoms with van der Waals surface area (Å²) in [5.74, 6) is 1.95. The van der Waals surface area contributed by atoms with Crippen LogP contribution < -0.4 is 0 Å². The Bertz CT molecular complexity index is 500. The van der Waals surface area contributed by atoms with E-state index in [1.165, 1.54) is 11.3 Å². The predicted octanol–water partition coefficient (Wildman–Crippen LogP) is 1.94. The summed E-state index contributed by atoms with van der Waals surface area (Å²) in [6, 6.07) is 10.4. The number of benzene rings is 1. The Morgan fingerprint density at radius 2 is 2.00 bits per heavy atom. The van der Waals surface area contributed by atoms with Crippen LogP contribution in [0.5, 0.6) is 0 Å². The molecule has 2 heterocycles. The van der Waals surface area contributed by atoms with Crippen molar-refractivity contribution >= 4 is 28.5 Å². The first-order valence-electron chi connectivity index (χ1n) is 4.83. The Morgan fingerprint density at radius 1 is 1.20 bits per heavy atom. The van der Waals surface area contributed by atoms with E-state index in [0.29, 0.717) is 0 Å². The monoisotopic (exact) mass is 216 g/mol. The summed E-state index contributed by atoms with van der Waals surface area (Å²) in [6.45, 7) is 1.99. The molecular formula is C11H10N3S+. The maximum Gasteiger partial charge on any atom is 0.346 e. The summed E-state index contributed by atoms with van der Waals surface area (Å²) in [4.78, 5) is 0. The summed E-state index contributed by atoms with van der Waals surface area (Å²) in [5.41, 5.74) is 2.55. The van der Waals surface area contributed by atoms with Gasteiger partial charge in [-0.05, 0) is 11.8 Å². The number of hydrogen-bond acceptors (Lipinski definition) is 3. The van der Waals surface area contributed by atoms with Crippen LogP contribution in [0.2, 0.25) is 0 Å². The van der Waals surface area contributed by atoms with Crippen LogP contribution in [-0.2, 0) is 0 Å². The molecule has 0 fully saturated rings. The fraction of sp³-hybridized carbons (Fsp3) is 0.182. The molecule has 0 atom stereocenters. The molecule has 0 saturated heterocycles. The fourth-order valence-corrected chi connectivity index (χ4v) is 2.82. The van der Waals surface area contributed by atoms with E-state index in [4.69, 9.17) is 0 Å². The van der Waals surface area contributed by atoms with Gasteiger partial charge in [-0.3, -0.25) is 0 Å². The highest BCUT2D eigenvalue weighted by Gasteiger charge is 2.35. The molecule has 3 rings (SSSR count). The van der Waals surface area contributed by atoms with E-state index in [1.807, 2.05) is 13.0 Å². The summed E-state index contributed by atoms with van der Waals surface area (Å²) in [6.07, 6.45) is 0. The molecule has 1 aromatic rings. The van der Waals surface area contributed by atoms with Gasteiger partial charge in [0.2, 0.25) is 0 Å². The van der Waals surface area contributed by atoms with E-state index in [0.717, 1.165) is 16.8 Å². The van der Waals surface area contributed by atoms with E-state index in [-0.39, 0.29) is 0 Å². The lowest BCUT2D eigenvalue weighted by Crippen LogP contribution is -2.22. The normalized spacial score (nSPS) is 19.0. The van der Waals surface area contributed by atoms with Crippen molar-refractivity contribution in [3.05, 3.63) is 35.9 Å². The highest BCUT2D eigenvalue weighted by Crippen LogP contribution is 2.22. The van der Waals surface area contributed by atoms with Crippen LogP contribution in [0.15, 0.2) is 40.5 Å². The summed E-state index contributed by atoms with van der Waals surface area (Å²) in [5, 5.41) is 9.22. The van der Waals surface area contributed by atoms with E-state index in [9.17, 15) is 0 Å². The van der Waals surface area contributed by atoms with Crippen molar-refractivity contribution in [2.24, 2.45) is 10.2 Å². The Morgan fingerprint density at radius 3 is 2.80 bits per heavy atom. The Labute approximate surface area is 92.2 Å². The largest absolute Gasteiger partial charge is 0.346 e. The third-order valence-corrected chi connectivity index (χ3v) is 3.45. The third-order valence-electron chi connectivity index (χ3n) is 2.51. The quantitative estimate of drug-likeness (QED) is 0.659. The topological polar surface area (TPSA) is 27.7 Å². The van der Waals surface area contributed by atoms with Crippen molar-refractivity contribution in [2.45, 2.75) is 6.92 Å². The lowest BCUT2D eigenvalue weighted by molar-refractivity contribution is -0.255. The zero-order valence-corrected chi connectivity index (χ0v) is 9.16. The molecule has 0 saturated carbocycles. The van der Waals surface area contributed by atoms with Crippen LogP contribution in [0, 0.1) is 0 Å². The predicted molar refractivity (Wildman–Crippen MR) is 63.8 cm³/mol. The Kier molecular flexibility index (Phi) is 1.95. The summed E-state index contributed by atoms with van der Waals surface area (Å²) >= 11 is 1.74. The zero-order chi connectivity index (χ0) is 10.3. The summed E-state index contributed by atoms with van der Waals surface area (Å²) < 4.78 is 2.14. The molecule has 15 heavy (non-hydrogen) atoms. The molecule has 0 radical (unpaired) electrons. The minimum Gasteiger partial charge on any atom is -0.188 e. The molecule has 2 aliphatic rings. The highest BCUT2D eigenvalue weighted by atomic mass is 32.2. The van der Waals surface area contributed by atoms with Gasteiger partial charge in [-0.2, -0.15) is 4.58 Å². The SMILES string of the molecule is CC1=NN=C2SCC(c3ccccc3)=[N+]12. The van der Waals surface area contributed by atoms with Crippen LogP contribution >= 0.6 is 11.8 Å². The van der Waals surface area contributed by atoms with Gasteiger partial charge in [0.05, 0.1) is 16.0 Å². The number of amidine groups is 2. The lowest BCUT2D eigenvalue weighted by atomic mass is 10.1. The van der Waals surface area contributed by atoms with Crippen molar-refractivity contribution < 1.29 is 4.58 Å². The van der Waals surface area contributed by atoms with Crippen LogP contribution in [0.25, 0.3) is 0 Å². The van der Waals surface area contributed by atoms with Gasteiger partial charge in [-0.15, -0.1) is 0 Å². The molecule has 0 bridgehead atoms. The van der Waals surface area contributed by atoms with Gasteiger partial charge in [0.1, 0.15) is 5.71 Å². The average Bonchev–Trinajstić information content (AvgIpc) is 2.84. The van der Waals surface area contributed by atoms with Crippen molar-refractivity contribution in [3.63, 3.8) is 0 Å². The minimum atomic E-state index is 0.967. The molecule has 0 N–H and O–H groups in total. The first-order chi connectivity index (χ1) is 7.36.